The van der Waals surface area contributed by atoms with E-state index in [9.17, 15) is 19.0 Å². The molecule has 10 heteroatoms. The number of hydrogen-bond donors (Lipinski definition) is 2. The molecule has 2 atom stereocenters. The maximum Gasteiger partial charge on any atom is 0.472 e. The average molecular weight is 1070 g/mol. The van der Waals surface area contributed by atoms with E-state index < -0.39 is 26.5 Å². The van der Waals surface area contributed by atoms with Gasteiger partial charge < -0.3 is 20.1 Å². The third-order valence-electron chi connectivity index (χ3n) is 13.9. The number of nitrogens with two attached hydrogens (primary N) is 1. The van der Waals surface area contributed by atoms with Crippen LogP contribution in [0.4, 0.5) is 0 Å². The van der Waals surface area contributed by atoms with Crippen LogP contribution in [0.1, 0.15) is 309 Å². The molecule has 2 unspecified atom stereocenters. The molecule has 9 nitrogen and oxygen atoms in total. The lowest BCUT2D eigenvalue weighted by Crippen LogP contribution is -2.29. The van der Waals surface area contributed by atoms with Gasteiger partial charge in [0.15, 0.2) is 6.10 Å². The number of esters is 2. The van der Waals surface area contributed by atoms with Crippen molar-refractivity contribution in [3.8, 4) is 0 Å². The Balaban J connectivity index is 3.80. The summed E-state index contributed by atoms with van der Waals surface area (Å²) in [5.41, 5.74) is 5.39. The summed E-state index contributed by atoms with van der Waals surface area (Å²) >= 11 is 0. The van der Waals surface area contributed by atoms with Crippen molar-refractivity contribution in [2.24, 2.45) is 5.73 Å². The van der Waals surface area contributed by atoms with Gasteiger partial charge in [-0.1, -0.05) is 280 Å². The Morgan fingerprint density at radius 1 is 0.413 bits per heavy atom. The second kappa shape index (κ2) is 60.9. The van der Waals surface area contributed by atoms with Gasteiger partial charge in [0, 0.05) is 19.4 Å². The summed E-state index contributed by atoms with van der Waals surface area (Å²) < 4.78 is 33.1. The van der Waals surface area contributed by atoms with E-state index in [-0.39, 0.29) is 38.6 Å². The van der Waals surface area contributed by atoms with Crippen molar-refractivity contribution in [2.45, 2.75) is 315 Å². The first-order valence-electron chi connectivity index (χ1n) is 31.8. The monoisotopic (exact) mass is 1070 g/mol. The van der Waals surface area contributed by atoms with Crippen LogP contribution < -0.4 is 5.73 Å². The van der Waals surface area contributed by atoms with Crippen LogP contribution in [-0.4, -0.2) is 49.3 Å². The molecule has 0 aromatic rings. The number of carbonyl (C=O) groups is 2. The summed E-state index contributed by atoms with van der Waals surface area (Å²) in [6.45, 7) is 3.66. The van der Waals surface area contributed by atoms with E-state index in [1.807, 2.05) is 0 Å². The minimum absolute atomic E-state index is 0.0538. The van der Waals surface area contributed by atoms with Crippen LogP contribution in [0.2, 0.25) is 0 Å². The predicted octanol–water partition coefficient (Wildman–Crippen LogP) is 20.3. The lowest BCUT2D eigenvalue weighted by Gasteiger charge is -2.19. The van der Waals surface area contributed by atoms with Crippen molar-refractivity contribution in [1.29, 1.82) is 0 Å². The molecule has 0 fully saturated rings. The van der Waals surface area contributed by atoms with Gasteiger partial charge in [-0.15, -0.1) is 0 Å². The molecule has 0 amide bonds. The van der Waals surface area contributed by atoms with E-state index >= 15 is 0 Å². The molecule has 0 saturated carbocycles. The van der Waals surface area contributed by atoms with Crippen LogP contribution in [0.25, 0.3) is 0 Å². The van der Waals surface area contributed by atoms with Crippen LogP contribution in [0, 0.1) is 0 Å². The molecule has 3 N–H and O–H groups in total. The number of hydrogen-bond acceptors (Lipinski definition) is 8. The molecule has 0 aliphatic carbocycles. The highest BCUT2D eigenvalue weighted by Gasteiger charge is 2.26. The Kier molecular flexibility index (Phi) is 59.1. The lowest BCUT2D eigenvalue weighted by molar-refractivity contribution is -0.161. The summed E-state index contributed by atoms with van der Waals surface area (Å²) in [6, 6.07) is 0. The molecule has 0 aliphatic rings. The van der Waals surface area contributed by atoms with Crippen LogP contribution in [-0.2, 0) is 32.7 Å². The molecule has 0 radical (unpaired) electrons. The second-order valence-electron chi connectivity index (χ2n) is 21.2. The SMILES string of the molecule is CC/C=C\C/C=C\C/C=C\C/C=C\CCCCCCCCCCCCCCCCCCCCCCCCCCC(=O)OC(COC(=O)CCCCCCCCC/C=C\CCCCCCCC)COP(=O)(O)OCCN. The van der Waals surface area contributed by atoms with Gasteiger partial charge in [0.25, 0.3) is 0 Å². The molecule has 0 aromatic heterocycles. The standard InChI is InChI=1S/C65H120NO8P/c1-3-5-7-9-11-13-15-17-19-21-22-23-24-25-26-27-28-29-30-31-32-33-34-35-36-37-38-39-40-42-44-46-48-50-52-54-56-58-65(68)74-63(62-73-75(69,70)72-60-59-66)61-71-64(67)57-55-53-51-49-47-45-43-41-20-18-16-14-12-10-8-6-4-2/h5,7,11,13,17-20,22-23,63H,3-4,6,8-10,12,14-16,21,24-62,66H2,1-2H3,(H,69,70)/b7-5-,13-11-,19-17-,20-18-,23-22-. The van der Waals surface area contributed by atoms with E-state index in [1.54, 1.807) is 0 Å². The first-order chi connectivity index (χ1) is 36.8. The Hall–Kier alpha value is -2.29. The molecule has 0 spiro atoms. The quantitative estimate of drug-likeness (QED) is 0.0264. The number of carbonyl (C=O) groups excluding carboxylic acids is 2. The van der Waals surface area contributed by atoms with Crippen LogP contribution in [0.5, 0.6) is 0 Å². The number of allylic oxidation sites excluding steroid dienone is 10. The van der Waals surface area contributed by atoms with E-state index in [0.717, 1.165) is 70.6 Å². The maximum atomic E-state index is 12.7. The van der Waals surface area contributed by atoms with Crippen LogP contribution in [0.3, 0.4) is 0 Å². The minimum Gasteiger partial charge on any atom is -0.462 e. The zero-order valence-corrected chi connectivity index (χ0v) is 49.9. The summed E-state index contributed by atoms with van der Waals surface area (Å²) in [6.07, 6.45) is 77.4. The molecule has 0 bridgehead atoms. The van der Waals surface area contributed by atoms with Crippen molar-refractivity contribution in [2.75, 3.05) is 26.4 Å². The molecule has 0 rings (SSSR count). The smallest absolute Gasteiger partial charge is 0.462 e. The predicted molar refractivity (Wildman–Crippen MR) is 321 cm³/mol. The highest BCUT2D eigenvalue weighted by molar-refractivity contribution is 7.47. The van der Waals surface area contributed by atoms with Gasteiger partial charge in [0.1, 0.15) is 6.61 Å². The van der Waals surface area contributed by atoms with Gasteiger partial charge in [0.2, 0.25) is 0 Å². The minimum atomic E-state index is -4.39. The fourth-order valence-electron chi connectivity index (χ4n) is 9.21. The van der Waals surface area contributed by atoms with Crippen molar-refractivity contribution < 1.29 is 37.6 Å². The molecular weight excluding hydrogens is 954 g/mol. The molecule has 0 heterocycles. The Bertz CT molecular complexity index is 1410. The van der Waals surface area contributed by atoms with Gasteiger partial charge in [-0.3, -0.25) is 18.6 Å². The van der Waals surface area contributed by atoms with E-state index in [4.69, 9.17) is 24.3 Å². The second-order valence-corrected chi connectivity index (χ2v) is 22.7. The van der Waals surface area contributed by atoms with E-state index in [0.29, 0.717) is 6.42 Å². The number of phosphoric ester groups is 1. The summed E-state index contributed by atoms with van der Waals surface area (Å²) in [5.74, 6) is -0.819. The van der Waals surface area contributed by atoms with Crippen molar-refractivity contribution in [3.05, 3.63) is 60.8 Å². The lowest BCUT2D eigenvalue weighted by atomic mass is 10.0. The molecular formula is C65H120NO8P. The third kappa shape index (κ3) is 60.8. The highest BCUT2D eigenvalue weighted by Crippen LogP contribution is 2.43. The highest BCUT2D eigenvalue weighted by atomic mass is 31.2. The zero-order valence-electron chi connectivity index (χ0n) is 49.0. The van der Waals surface area contributed by atoms with Crippen molar-refractivity contribution in [1.82, 2.24) is 0 Å². The summed E-state index contributed by atoms with van der Waals surface area (Å²) in [7, 11) is -4.39. The van der Waals surface area contributed by atoms with Gasteiger partial charge in [-0.25, -0.2) is 4.57 Å². The first kappa shape index (κ1) is 72.7. The fourth-order valence-corrected chi connectivity index (χ4v) is 9.98. The molecule has 438 valence electrons. The number of phosphoric acid groups is 1. The van der Waals surface area contributed by atoms with Crippen molar-refractivity contribution in [3.63, 3.8) is 0 Å². The molecule has 0 saturated heterocycles. The van der Waals surface area contributed by atoms with Crippen LogP contribution >= 0.6 is 7.82 Å². The number of ether oxygens (including phenoxy) is 2. The summed E-state index contributed by atoms with van der Waals surface area (Å²) in [5, 5.41) is 0. The number of unbranched alkanes of at least 4 members (excludes halogenated alkanes) is 37. The van der Waals surface area contributed by atoms with Gasteiger partial charge >= 0.3 is 19.8 Å². The first-order valence-corrected chi connectivity index (χ1v) is 33.3. The average Bonchev–Trinajstić information content (AvgIpc) is 3.40. The molecule has 75 heavy (non-hydrogen) atoms. The Morgan fingerprint density at radius 3 is 1.11 bits per heavy atom. The third-order valence-corrected chi connectivity index (χ3v) is 14.9. The Labute approximate surface area is 463 Å². The van der Waals surface area contributed by atoms with Crippen LogP contribution in [0.15, 0.2) is 60.8 Å². The van der Waals surface area contributed by atoms with Gasteiger partial charge in [-0.05, 0) is 77.0 Å². The molecule has 0 aromatic carbocycles. The summed E-state index contributed by atoms with van der Waals surface area (Å²) in [4.78, 5) is 35.2. The number of rotatable bonds is 60. The largest absolute Gasteiger partial charge is 0.472 e. The zero-order chi connectivity index (χ0) is 54.5. The van der Waals surface area contributed by atoms with Gasteiger partial charge in [0.05, 0.1) is 13.2 Å². The van der Waals surface area contributed by atoms with E-state index in [2.05, 4.69) is 74.6 Å². The fraction of sp³-hybridized carbons (Fsp3) is 0.815. The normalized spacial score (nSPS) is 13.4. The molecule has 0 aliphatic heterocycles. The van der Waals surface area contributed by atoms with Gasteiger partial charge in [-0.2, -0.15) is 0 Å². The maximum absolute atomic E-state index is 12.7. The van der Waals surface area contributed by atoms with Crippen molar-refractivity contribution >= 4 is 19.8 Å². The topological polar surface area (TPSA) is 134 Å². The van der Waals surface area contributed by atoms with E-state index in [1.165, 1.54) is 205 Å². The Morgan fingerprint density at radius 2 is 0.733 bits per heavy atom.